The molecule has 0 saturated heterocycles. The molecule has 0 fully saturated rings. The molecule has 0 atom stereocenters. The normalized spacial score (nSPS) is 10.4. The van der Waals surface area contributed by atoms with Gasteiger partial charge in [-0.3, -0.25) is 14.5 Å². The number of anilines is 1. The zero-order chi connectivity index (χ0) is 19.6. The third-order valence-electron chi connectivity index (χ3n) is 3.74. The summed E-state index contributed by atoms with van der Waals surface area (Å²) in [5, 5.41) is 12.0. The fraction of sp³-hybridized carbons (Fsp3) is 0.316. The van der Waals surface area contributed by atoms with Crippen LogP contribution in [-0.4, -0.2) is 48.3 Å². The highest BCUT2D eigenvalue weighted by atomic mass is 35.5. The molecule has 142 valence electrons. The Hall–Kier alpha value is -2.82. The summed E-state index contributed by atoms with van der Waals surface area (Å²) >= 11 is 6.02. The Kier molecular flexibility index (Phi) is 7.86. The SMILES string of the molecule is CN(CC(=O)Nc1ccccc1Cl)CC(=O)N(CCC#N)Cc1ccco1. The molecule has 0 aliphatic rings. The van der Waals surface area contributed by atoms with Crippen molar-refractivity contribution in [3.63, 3.8) is 0 Å². The molecule has 0 aliphatic carbocycles. The number of hydrogen-bond donors (Lipinski definition) is 1. The first-order valence-electron chi connectivity index (χ1n) is 8.39. The number of carbonyl (C=O) groups excluding carboxylic acids is 2. The summed E-state index contributed by atoms with van der Waals surface area (Å²) in [6, 6.07) is 12.5. The molecule has 0 unspecified atom stereocenters. The van der Waals surface area contributed by atoms with E-state index < -0.39 is 0 Å². The van der Waals surface area contributed by atoms with Gasteiger partial charge in [0.25, 0.3) is 0 Å². The number of rotatable bonds is 9. The lowest BCUT2D eigenvalue weighted by Crippen LogP contribution is -2.41. The number of furan rings is 1. The summed E-state index contributed by atoms with van der Waals surface area (Å²) in [5.74, 6) is 0.183. The minimum absolute atomic E-state index is 0.0316. The lowest BCUT2D eigenvalue weighted by Gasteiger charge is -2.24. The lowest BCUT2D eigenvalue weighted by molar-refractivity contribution is -0.133. The molecule has 1 aromatic carbocycles. The quantitative estimate of drug-likeness (QED) is 0.713. The monoisotopic (exact) mass is 388 g/mol. The molecule has 27 heavy (non-hydrogen) atoms. The van der Waals surface area contributed by atoms with Crippen molar-refractivity contribution in [3.8, 4) is 6.07 Å². The van der Waals surface area contributed by atoms with Crippen molar-refractivity contribution in [2.45, 2.75) is 13.0 Å². The number of hydrogen-bond acceptors (Lipinski definition) is 5. The minimum Gasteiger partial charge on any atom is -0.467 e. The molecule has 1 N–H and O–H groups in total. The van der Waals surface area contributed by atoms with Crippen LogP contribution in [0.2, 0.25) is 5.02 Å². The van der Waals surface area contributed by atoms with Crippen LogP contribution in [0.1, 0.15) is 12.2 Å². The number of halogens is 1. The second kappa shape index (κ2) is 10.4. The van der Waals surface area contributed by atoms with Gasteiger partial charge in [0.05, 0.1) is 49.1 Å². The zero-order valence-corrected chi connectivity index (χ0v) is 15.8. The number of carbonyl (C=O) groups is 2. The molecule has 0 saturated carbocycles. The van der Waals surface area contributed by atoms with Gasteiger partial charge in [0.1, 0.15) is 5.76 Å². The molecular weight excluding hydrogens is 368 g/mol. The Morgan fingerprint density at radius 3 is 2.67 bits per heavy atom. The van der Waals surface area contributed by atoms with Gasteiger partial charge in [0, 0.05) is 6.54 Å². The average Bonchev–Trinajstić information content (AvgIpc) is 3.13. The third-order valence-corrected chi connectivity index (χ3v) is 4.07. The van der Waals surface area contributed by atoms with E-state index in [4.69, 9.17) is 21.3 Å². The van der Waals surface area contributed by atoms with Crippen molar-refractivity contribution in [3.05, 3.63) is 53.4 Å². The number of para-hydroxylation sites is 1. The van der Waals surface area contributed by atoms with Crippen LogP contribution >= 0.6 is 11.6 Å². The van der Waals surface area contributed by atoms with Crippen molar-refractivity contribution in [2.75, 3.05) is 32.0 Å². The maximum Gasteiger partial charge on any atom is 0.238 e. The first-order valence-corrected chi connectivity index (χ1v) is 8.77. The standard InChI is InChI=1S/C19H21ClN4O3/c1-23(13-18(25)22-17-8-3-2-7-16(17)20)14-19(26)24(10-5-9-21)12-15-6-4-11-27-15/h2-4,6-8,11H,5,10,12-14H2,1H3,(H,22,25). The first kappa shape index (κ1) is 20.5. The molecule has 0 bridgehead atoms. The van der Waals surface area contributed by atoms with E-state index in [2.05, 4.69) is 5.32 Å². The summed E-state index contributed by atoms with van der Waals surface area (Å²) in [4.78, 5) is 27.9. The van der Waals surface area contributed by atoms with E-state index in [1.807, 2.05) is 6.07 Å². The maximum atomic E-state index is 12.6. The largest absolute Gasteiger partial charge is 0.467 e. The number of likely N-dealkylation sites (N-methyl/N-ethyl adjacent to an activating group) is 1. The zero-order valence-electron chi connectivity index (χ0n) is 15.0. The van der Waals surface area contributed by atoms with Gasteiger partial charge in [0.2, 0.25) is 11.8 Å². The van der Waals surface area contributed by atoms with E-state index in [-0.39, 0.29) is 37.9 Å². The van der Waals surface area contributed by atoms with Crippen LogP contribution in [0.5, 0.6) is 0 Å². The fourth-order valence-electron chi connectivity index (χ4n) is 2.45. The van der Waals surface area contributed by atoms with Crippen molar-refractivity contribution in [2.24, 2.45) is 0 Å². The van der Waals surface area contributed by atoms with Crippen molar-refractivity contribution >= 4 is 29.1 Å². The van der Waals surface area contributed by atoms with Gasteiger partial charge >= 0.3 is 0 Å². The van der Waals surface area contributed by atoms with Gasteiger partial charge in [-0.1, -0.05) is 23.7 Å². The summed E-state index contributed by atoms with van der Waals surface area (Å²) in [6.45, 7) is 0.661. The fourth-order valence-corrected chi connectivity index (χ4v) is 2.63. The van der Waals surface area contributed by atoms with Crippen LogP contribution in [0.3, 0.4) is 0 Å². The van der Waals surface area contributed by atoms with Gasteiger partial charge in [-0.2, -0.15) is 5.26 Å². The number of nitrogens with one attached hydrogen (secondary N) is 1. The Morgan fingerprint density at radius 1 is 1.22 bits per heavy atom. The summed E-state index contributed by atoms with van der Waals surface area (Å²) in [7, 11) is 1.68. The topological polar surface area (TPSA) is 89.6 Å². The maximum absolute atomic E-state index is 12.6. The van der Waals surface area contributed by atoms with Crippen LogP contribution in [0, 0.1) is 11.3 Å². The van der Waals surface area contributed by atoms with E-state index in [1.165, 1.54) is 6.26 Å². The molecule has 2 amide bonds. The van der Waals surface area contributed by atoms with Gasteiger partial charge < -0.3 is 14.6 Å². The molecule has 0 aliphatic heterocycles. The minimum atomic E-state index is -0.270. The smallest absolute Gasteiger partial charge is 0.238 e. The predicted molar refractivity (Wildman–Crippen MR) is 102 cm³/mol. The van der Waals surface area contributed by atoms with Gasteiger partial charge in [0.15, 0.2) is 0 Å². The Labute approximate surface area is 163 Å². The van der Waals surface area contributed by atoms with E-state index in [0.717, 1.165) is 0 Å². The van der Waals surface area contributed by atoms with E-state index in [0.29, 0.717) is 23.0 Å². The molecular formula is C19H21ClN4O3. The second-order valence-electron chi connectivity index (χ2n) is 6.00. The van der Waals surface area contributed by atoms with Crippen LogP contribution in [0.25, 0.3) is 0 Å². The van der Waals surface area contributed by atoms with E-state index >= 15 is 0 Å². The second-order valence-corrected chi connectivity index (χ2v) is 6.41. The first-order chi connectivity index (χ1) is 13.0. The van der Waals surface area contributed by atoms with E-state index in [9.17, 15) is 9.59 Å². The lowest BCUT2D eigenvalue weighted by atomic mass is 10.3. The van der Waals surface area contributed by atoms with Gasteiger partial charge in [-0.05, 0) is 31.3 Å². The average molecular weight is 389 g/mol. The van der Waals surface area contributed by atoms with Crippen LogP contribution in [0.4, 0.5) is 5.69 Å². The summed E-state index contributed by atoms with van der Waals surface area (Å²) < 4.78 is 5.27. The molecule has 1 heterocycles. The number of benzene rings is 1. The Balaban J connectivity index is 1.88. The third kappa shape index (κ3) is 6.77. The predicted octanol–water partition coefficient (Wildman–Crippen LogP) is 2.75. The van der Waals surface area contributed by atoms with E-state index in [1.54, 1.807) is 53.2 Å². The van der Waals surface area contributed by atoms with Gasteiger partial charge in [-0.25, -0.2) is 0 Å². The van der Waals surface area contributed by atoms with Crippen molar-refractivity contribution in [1.29, 1.82) is 5.26 Å². The van der Waals surface area contributed by atoms with Crippen LogP contribution in [0.15, 0.2) is 47.1 Å². The van der Waals surface area contributed by atoms with Crippen molar-refractivity contribution < 1.29 is 14.0 Å². The highest BCUT2D eigenvalue weighted by Crippen LogP contribution is 2.20. The molecule has 1 aromatic heterocycles. The molecule has 2 rings (SSSR count). The molecule has 0 radical (unpaired) electrons. The molecule has 2 aromatic rings. The highest BCUT2D eigenvalue weighted by molar-refractivity contribution is 6.33. The summed E-state index contributed by atoms with van der Waals surface area (Å²) in [5.41, 5.74) is 0.525. The van der Waals surface area contributed by atoms with Crippen LogP contribution < -0.4 is 5.32 Å². The molecule has 8 heteroatoms. The van der Waals surface area contributed by atoms with Crippen LogP contribution in [-0.2, 0) is 16.1 Å². The highest BCUT2D eigenvalue weighted by Gasteiger charge is 2.18. The number of nitrogens with zero attached hydrogens (tertiary/aromatic N) is 3. The molecule has 7 nitrogen and oxygen atoms in total. The number of nitriles is 1. The summed E-state index contributed by atoms with van der Waals surface area (Å²) in [6.07, 6.45) is 1.76. The van der Waals surface area contributed by atoms with Gasteiger partial charge in [-0.15, -0.1) is 0 Å². The Morgan fingerprint density at radius 2 is 2.00 bits per heavy atom. The number of amides is 2. The Bertz CT molecular complexity index is 802. The molecule has 0 spiro atoms. The van der Waals surface area contributed by atoms with Crippen molar-refractivity contribution in [1.82, 2.24) is 9.80 Å².